The summed E-state index contributed by atoms with van der Waals surface area (Å²) in [7, 11) is 0. The van der Waals surface area contributed by atoms with E-state index < -0.39 is 0 Å². The smallest absolute Gasteiger partial charge is 0.227 e. The quantitative estimate of drug-likeness (QED) is 0.785. The van der Waals surface area contributed by atoms with Crippen LogP contribution in [0.1, 0.15) is 24.4 Å². The number of hydrogen-bond acceptors (Lipinski definition) is 3. The molecule has 0 bridgehead atoms. The third-order valence-electron chi connectivity index (χ3n) is 3.38. The molecule has 19 heavy (non-hydrogen) atoms. The fourth-order valence-electron chi connectivity index (χ4n) is 2.54. The van der Waals surface area contributed by atoms with Crippen molar-refractivity contribution in [1.29, 1.82) is 0 Å². The second-order valence-electron chi connectivity index (χ2n) is 4.55. The Bertz CT molecular complexity index is 590. The van der Waals surface area contributed by atoms with Gasteiger partial charge in [-0.05, 0) is 25.0 Å². The maximum Gasteiger partial charge on any atom is 0.227 e. The van der Waals surface area contributed by atoms with E-state index in [-0.39, 0.29) is 11.9 Å². The highest BCUT2D eigenvalue weighted by molar-refractivity contribution is 6.29. The van der Waals surface area contributed by atoms with Crippen LogP contribution in [-0.4, -0.2) is 16.5 Å². The van der Waals surface area contributed by atoms with Gasteiger partial charge in [-0.25, -0.2) is 14.4 Å². The normalized spacial score (nSPS) is 18.8. The molecular weight excluding hydrogens is 265 g/mol. The molecule has 1 aliphatic rings. The summed E-state index contributed by atoms with van der Waals surface area (Å²) >= 11 is 5.90. The van der Waals surface area contributed by atoms with Crippen molar-refractivity contribution in [2.45, 2.75) is 18.9 Å². The van der Waals surface area contributed by atoms with Crippen LogP contribution in [0.15, 0.2) is 36.5 Å². The van der Waals surface area contributed by atoms with Gasteiger partial charge in [-0.1, -0.05) is 29.8 Å². The Balaban J connectivity index is 1.96. The van der Waals surface area contributed by atoms with Crippen LogP contribution in [0.4, 0.5) is 10.3 Å². The van der Waals surface area contributed by atoms with Crippen LogP contribution >= 0.6 is 11.6 Å². The Hall–Kier alpha value is -1.68. The summed E-state index contributed by atoms with van der Waals surface area (Å²) in [6.45, 7) is 0.819. The molecule has 0 amide bonds. The second-order valence-corrected chi connectivity index (χ2v) is 4.94. The van der Waals surface area contributed by atoms with Crippen molar-refractivity contribution in [2.75, 3.05) is 11.4 Å². The highest BCUT2D eigenvalue weighted by Gasteiger charge is 2.29. The minimum absolute atomic E-state index is 0.0142. The van der Waals surface area contributed by atoms with Crippen molar-refractivity contribution in [3.05, 3.63) is 53.1 Å². The monoisotopic (exact) mass is 277 g/mol. The van der Waals surface area contributed by atoms with E-state index in [1.165, 1.54) is 6.07 Å². The lowest BCUT2D eigenvalue weighted by molar-refractivity contribution is 0.577. The summed E-state index contributed by atoms with van der Waals surface area (Å²) in [5.74, 6) is 0.389. The number of aromatic nitrogens is 2. The molecule has 1 aromatic heterocycles. The number of benzene rings is 1. The topological polar surface area (TPSA) is 29.0 Å². The first-order valence-corrected chi connectivity index (χ1v) is 6.63. The number of halogens is 2. The van der Waals surface area contributed by atoms with Gasteiger partial charge in [0.05, 0.1) is 6.04 Å². The van der Waals surface area contributed by atoms with Crippen molar-refractivity contribution in [2.24, 2.45) is 0 Å². The lowest BCUT2D eigenvalue weighted by Gasteiger charge is -2.25. The van der Waals surface area contributed by atoms with Gasteiger partial charge in [0, 0.05) is 18.3 Å². The molecule has 1 atom stereocenters. The summed E-state index contributed by atoms with van der Waals surface area (Å²) < 4.78 is 13.9. The minimum Gasteiger partial charge on any atom is -0.334 e. The third kappa shape index (κ3) is 2.40. The largest absolute Gasteiger partial charge is 0.334 e. The van der Waals surface area contributed by atoms with E-state index in [2.05, 4.69) is 9.97 Å². The van der Waals surface area contributed by atoms with E-state index in [1.807, 2.05) is 17.0 Å². The Morgan fingerprint density at radius 3 is 2.89 bits per heavy atom. The molecule has 3 rings (SSSR count). The van der Waals surface area contributed by atoms with E-state index in [1.54, 1.807) is 18.3 Å². The molecule has 98 valence electrons. The van der Waals surface area contributed by atoms with Crippen molar-refractivity contribution in [3.63, 3.8) is 0 Å². The van der Waals surface area contributed by atoms with E-state index in [0.29, 0.717) is 16.7 Å². The van der Waals surface area contributed by atoms with Crippen LogP contribution in [0, 0.1) is 5.82 Å². The van der Waals surface area contributed by atoms with Crippen LogP contribution in [0.25, 0.3) is 0 Å². The summed E-state index contributed by atoms with van der Waals surface area (Å²) in [4.78, 5) is 10.5. The third-order valence-corrected chi connectivity index (χ3v) is 3.59. The summed E-state index contributed by atoms with van der Waals surface area (Å²) in [5.41, 5.74) is 0.698. The molecule has 0 radical (unpaired) electrons. The van der Waals surface area contributed by atoms with Gasteiger partial charge < -0.3 is 4.90 Å². The van der Waals surface area contributed by atoms with E-state index in [0.717, 1.165) is 19.4 Å². The van der Waals surface area contributed by atoms with Gasteiger partial charge in [0.1, 0.15) is 11.0 Å². The molecule has 1 aliphatic heterocycles. The summed E-state index contributed by atoms with van der Waals surface area (Å²) in [6.07, 6.45) is 3.52. The van der Waals surface area contributed by atoms with Crippen molar-refractivity contribution >= 4 is 17.5 Å². The molecule has 5 heteroatoms. The van der Waals surface area contributed by atoms with Crippen LogP contribution in [0.3, 0.4) is 0 Å². The molecule has 3 nitrogen and oxygen atoms in total. The van der Waals surface area contributed by atoms with Crippen LogP contribution < -0.4 is 4.90 Å². The molecule has 0 spiro atoms. The first kappa shape index (κ1) is 12.4. The lowest BCUT2D eigenvalue weighted by Crippen LogP contribution is -2.25. The Morgan fingerprint density at radius 2 is 2.11 bits per heavy atom. The molecule has 1 saturated heterocycles. The molecule has 1 aromatic carbocycles. The Morgan fingerprint density at radius 1 is 1.26 bits per heavy atom. The summed E-state index contributed by atoms with van der Waals surface area (Å²) in [5, 5.41) is 0.407. The molecular formula is C14H13ClFN3. The van der Waals surface area contributed by atoms with Crippen molar-refractivity contribution < 1.29 is 4.39 Å². The second kappa shape index (κ2) is 5.13. The highest BCUT2D eigenvalue weighted by atomic mass is 35.5. The highest BCUT2D eigenvalue weighted by Crippen LogP contribution is 2.35. The Labute approximate surface area is 116 Å². The summed E-state index contributed by atoms with van der Waals surface area (Å²) in [6, 6.07) is 8.49. The number of anilines is 1. The zero-order valence-electron chi connectivity index (χ0n) is 10.3. The molecule has 0 saturated carbocycles. The average Bonchev–Trinajstić information content (AvgIpc) is 2.88. The molecule has 0 aliphatic carbocycles. The predicted octanol–water partition coefficient (Wildman–Crippen LogP) is 3.61. The van der Waals surface area contributed by atoms with Gasteiger partial charge in [0.15, 0.2) is 0 Å². The van der Waals surface area contributed by atoms with Gasteiger partial charge in [0.2, 0.25) is 5.95 Å². The fraction of sp³-hybridized carbons (Fsp3) is 0.286. The van der Waals surface area contributed by atoms with Gasteiger partial charge in [0.25, 0.3) is 0 Å². The average molecular weight is 278 g/mol. The SMILES string of the molecule is Fc1ccccc1[C@H]1CCCN1c1nccc(Cl)n1. The first-order chi connectivity index (χ1) is 9.25. The van der Waals surface area contributed by atoms with E-state index in [4.69, 9.17) is 11.6 Å². The zero-order valence-corrected chi connectivity index (χ0v) is 11.0. The molecule has 2 heterocycles. The van der Waals surface area contributed by atoms with Crippen molar-refractivity contribution in [3.8, 4) is 0 Å². The van der Waals surface area contributed by atoms with Gasteiger partial charge in [-0.15, -0.1) is 0 Å². The predicted molar refractivity (Wildman–Crippen MR) is 72.8 cm³/mol. The van der Waals surface area contributed by atoms with E-state index in [9.17, 15) is 4.39 Å². The number of nitrogens with zero attached hydrogens (tertiary/aromatic N) is 3. The lowest BCUT2D eigenvalue weighted by atomic mass is 10.0. The fourth-order valence-corrected chi connectivity index (χ4v) is 2.67. The van der Waals surface area contributed by atoms with E-state index >= 15 is 0 Å². The first-order valence-electron chi connectivity index (χ1n) is 6.25. The van der Waals surface area contributed by atoms with Crippen LogP contribution in [0.5, 0.6) is 0 Å². The van der Waals surface area contributed by atoms with Crippen molar-refractivity contribution in [1.82, 2.24) is 9.97 Å². The standard InChI is InChI=1S/C14H13ClFN3/c15-13-7-8-17-14(18-13)19-9-3-6-12(19)10-4-1-2-5-11(10)16/h1-2,4-5,7-8,12H,3,6,9H2/t12-/m1/s1. The Kier molecular flexibility index (Phi) is 3.34. The van der Waals surface area contributed by atoms with Gasteiger partial charge in [-0.2, -0.15) is 0 Å². The van der Waals surface area contributed by atoms with Crippen LogP contribution in [-0.2, 0) is 0 Å². The number of rotatable bonds is 2. The molecule has 0 unspecified atom stereocenters. The maximum absolute atomic E-state index is 13.9. The molecule has 2 aromatic rings. The minimum atomic E-state index is -0.179. The molecule has 1 fully saturated rings. The van der Waals surface area contributed by atoms with Gasteiger partial charge >= 0.3 is 0 Å². The molecule has 0 N–H and O–H groups in total. The number of hydrogen-bond donors (Lipinski definition) is 0. The van der Waals surface area contributed by atoms with Crippen LogP contribution in [0.2, 0.25) is 5.15 Å². The zero-order chi connectivity index (χ0) is 13.2. The maximum atomic E-state index is 13.9. The van der Waals surface area contributed by atoms with Gasteiger partial charge in [-0.3, -0.25) is 0 Å².